The number of aliphatic hydroxyl groups excluding tert-OH is 1. The summed E-state index contributed by atoms with van der Waals surface area (Å²) in [6.45, 7) is 3.86. The molecule has 4 atom stereocenters. The summed E-state index contributed by atoms with van der Waals surface area (Å²) in [6.07, 6.45) is 4.32. The number of azo groups is 1. The quantitative estimate of drug-likeness (QED) is 0.306. The Morgan fingerprint density at radius 3 is 2.35 bits per heavy atom. The summed E-state index contributed by atoms with van der Waals surface area (Å²) in [5.74, 6) is -2.10. The fourth-order valence-electron chi connectivity index (χ4n) is 4.95. The fourth-order valence-corrected chi connectivity index (χ4v) is 4.95. The van der Waals surface area contributed by atoms with Crippen LogP contribution in [-0.2, 0) is 26.6 Å². The summed E-state index contributed by atoms with van der Waals surface area (Å²) >= 11 is 0. The zero-order chi connectivity index (χ0) is 21.2. The molecule has 1 fully saturated rings. The Morgan fingerprint density at radius 2 is 1.71 bits per heavy atom. The number of fused-ring (bicyclic) bond motifs is 6. The summed E-state index contributed by atoms with van der Waals surface area (Å²) in [5.41, 5.74) is 0.584. The summed E-state index contributed by atoms with van der Waals surface area (Å²) in [5, 5.41) is 18.7. The van der Waals surface area contributed by atoms with Crippen LogP contribution in [-0.4, -0.2) is 45.9 Å². The molecule has 0 aromatic heterocycles. The summed E-state index contributed by atoms with van der Waals surface area (Å²) < 4.78 is 5.65. The number of rotatable bonds is 5. The van der Waals surface area contributed by atoms with Crippen molar-refractivity contribution in [2.75, 3.05) is 0 Å². The van der Waals surface area contributed by atoms with Gasteiger partial charge in [0.05, 0.1) is 40.9 Å². The Morgan fingerprint density at radius 1 is 1.03 bits per heavy atom. The van der Waals surface area contributed by atoms with Gasteiger partial charge in [0.1, 0.15) is 5.76 Å². The molecule has 1 saturated heterocycles. The Kier molecular flexibility index (Phi) is 5.45. The Bertz CT molecular complexity index is 1070. The summed E-state index contributed by atoms with van der Waals surface area (Å²) in [7, 11) is 0. The third-order valence-electron chi connectivity index (χ3n) is 6.48. The van der Waals surface area contributed by atoms with E-state index in [2.05, 4.69) is 10.2 Å². The first kappa shape index (κ1) is 21.6. The Balaban J connectivity index is 0.00000231. The van der Waals surface area contributed by atoms with Crippen LogP contribution in [0.25, 0.3) is 0 Å². The van der Waals surface area contributed by atoms with E-state index in [1.165, 1.54) is 4.90 Å². The Labute approximate surface area is 189 Å². The number of benzene rings is 1. The molecule has 2 bridgehead atoms. The van der Waals surface area contributed by atoms with Crippen LogP contribution in [0.15, 0.2) is 52.0 Å². The van der Waals surface area contributed by atoms with Gasteiger partial charge in [-0.25, -0.2) is 0 Å². The first-order valence-corrected chi connectivity index (χ1v) is 10.2. The minimum atomic E-state index is -0.482. The minimum absolute atomic E-state index is 0. The topological polar surface area (TPSA) is 109 Å². The van der Waals surface area contributed by atoms with Gasteiger partial charge in [0.15, 0.2) is 11.5 Å². The molecule has 2 amide bonds. The van der Waals surface area contributed by atoms with Gasteiger partial charge < -0.3 is 9.84 Å². The van der Waals surface area contributed by atoms with Crippen LogP contribution in [0.5, 0.6) is 0 Å². The van der Waals surface area contributed by atoms with Gasteiger partial charge >= 0.3 is 17.1 Å². The number of Topliss-reactive ketones (excluding diaryl/α,β-unsaturated/α-hetero) is 1. The van der Waals surface area contributed by atoms with Gasteiger partial charge in [-0.2, -0.15) is 0 Å². The van der Waals surface area contributed by atoms with Gasteiger partial charge in [-0.05, 0) is 25.0 Å². The summed E-state index contributed by atoms with van der Waals surface area (Å²) in [4.78, 5) is 39.9. The normalized spacial score (nSPS) is 28.4. The molecule has 4 unspecified atom stereocenters. The van der Waals surface area contributed by atoms with Crippen LogP contribution >= 0.6 is 0 Å². The molecular weight excluding hydrogens is 450 g/mol. The minimum Gasteiger partial charge on any atom is -0.509 e. The predicted molar refractivity (Wildman–Crippen MR) is 105 cm³/mol. The van der Waals surface area contributed by atoms with E-state index in [1.54, 1.807) is 18.2 Å². The second kappa shape index (κ2) is 7.82. The Hall–Kier alpha value is -2.61. The molecule has 5 rings (SSSR count). The molecule has 8 nitrogen and oxygen atoms in total. The van der Waals surface area contributed by atoms with Gasteiger partial charge in [-0.15, -0.1) is 10.2 Å². The number of nitrogens with zero attached hydrogens (tertiary/aromatic N) is 3. The van der Waals surface area contributed by atoms with E-state index in [9.17, 15) is 19.5 Å². The van der Waals surface area contributed by atoms with E-state index in [0.717, 1.165) is 0 Å². The zero-order valence-corrected chi connectivity index (χ0v) is 17.9. The number of allylic oxidation sites excluding steroid dienone is 1. The van der Waals surface area contributed by atoms with Crippen LogP contribution in [0, 0.1) is 11.8 Å². The maximum absolute atomic E-state index is 13.0. The van der Waals surface area contributed by atoms with Crippen molar-refractivity contribution in [1.82, 2.24) is 4.90 Å². The van der Waals surface area contributed by atoms with Gasteiger partial charge in [0.2, 0.25) is 0 Å². The number of ketones is 1. The standard InChI is InChI=1S/C22H21N3O5.Cu/c1-3-10(4-2)25-21(28)11-6-5-7-12(15(11)22(25)29)23-24-18-19(26)16-13-8-9-14(30-13)17(16)20(18)27;/h5-10,13-14,16-17,26H,3-4H2,1-2H3;/q;+2. The third kappa shape index (κ3) is 2.95. The van der Waals surface area contributed by atoms with Crippen molar-refractivity contribution in [1.29, 1.82) is 0 Å². The molecule has 163 valence electrons. The van der Waals surface area contributed by atoms with Crippen molar-refractivity contribution < 1.29 is 41.3 Å². The van der Waals surface area contributed by atoms with Gasteiger partial charge in [0, 0.05) is 6.04 Å². The maximum Gasteiger partial charge on any atom is 2.00 e. The molecule has 0 saturated carbocycles. The molecule has 1 aromatic carbocycles. The van der Waals surface area contributed by atoms with E-state index >= 15 is 0 Å². The second-order valence-corrected chi connectivity index (χ2v) is 7.95. The molecule has 3 aliphatic heterocycles. The number of amides is 2. The van der Waals surface area contributed by atoms with Gasteiger partial charge in [0.25, 0.3) is 11.8 Å². The number of aliphatic hydroxyl groups is 1. The number of carbonyl (C=O) groups excluding carboxylic acids is 3. The van der Waals surface area contributed by atoms with Crippen molar-refractivity contribution >= 4 is 23.3 Å². The maximum atomic E-state index is 13.0. The monoisotopic (exact) mass is 470 g/mol. The summed E-state index contributed by atoms with van der Waals surface area (Å²) in [6, 6.07) is 4.62. The number of ether oxygens (including phenoxy) is 1. The molecule has 0 spiro atoms. The van der Waals surface area contributed by atoms with E-state index < -0.39 is 17.7 Å². The van der Waals surface area contributed by atoms with Crippen LogP contribution in [0.1, 0.15) is 47.4 Å². The molecule has 1 N–H and O–H groups in total. The predicted octanol–water partition coefficient (Wildman–Crippen LogP) is 3.47. The fraction of sp³-hybridized carbons (Fsp3) is 0.409. The van der Waals surface area contributed by atoms with E-state index in [4.69, 9.17) is 4.74 Å². The van der Waals surface area contributed by atoms with Crippen LogP contribution in [0.4, 0.5) is 5.69 Å². The third-order valence-corrected chi connectivity index (χ3v) is 6.48. The van der Waals surface area contributed by atoms with Crippen molar-refractivity contribution in [2.45, 2.75) is 44.9 Å². The van der Waals surface area contributed by atoms with E-state index in [-0.39, 0.29) is 75.3 Å². The van der Waals surface area contributed by atoms with E-state index in [1.807, 2.05) is 26.0 Å². The SMILES string of the molecule is CCC(CC)N1C(=O)c2cccc(N=NC3=C(O)C4C5C=CC(O5)C4C3=O)c2C1=O.[Cu+2]. The van der Waals surface area contributed by atoms with Gasteiger partial charge in [-0.1, -0.05) is 32.1 Å². The van der Waals surface area contributed by atoms with Crippen molar-refractivity contribution in [2.24, 2.45) is 22.1 Å². The molecular formula is C22H21CuN3O5+2. The second-order valence-electron chi connectivity index (χ2n) is 7.95. The van der Waals surface area contributed by atoms with E-state index in [0.29, 0.717) is 12.8 Å². The largest absolute Gasteiger partial charge is 2.00 e. The molecule has 3 heterocycles. The molecule has 9 heteroatoms. The van der Waals surface area contributed by atoms with Crippen molar-refractivity contribution in [3.8, 4) is 0 Å². The van der Waals surface area contributed by atoms with Crippen LogP contribution in [0.3, 0.4) is 0 Å². The van der Waals surface area contributed by atoms with Crippen LogP contribution < -0.4 is 0 Å². The number of hydrogen-bond donors (Lipinski definition) is 1. The molecule has 31 heavy (non-hydrogen) atoms. The first-order chi connectivity index (χ1) is 14.5. The number of imide groups is 1. The smallest absolute Gasteiger partial charge is 0.509 e. The van der Waals surface area contributed by atoms with Gasteiger partial charge in [-0.3, -0.25) is 19.3 Å². The number of carbonyl (C=O) groups is 3. The molecule has 4 aliphatic rings. The molecule has 1 aliphatic carbocycles. The first-order valence-electron chi connectivity index (χ1n) is 10.2. The number of hydrogen-bond acceptors (Lipinski definition) is 7. The van der Waals surface area contributed by atoms with Crippen molar-refractivity contribution in [3.05, 3.63) is 52.9 Å². The van der Waals surface area contributed by atoms with Crippen LogP contribution in [0.2, 0.25) is 0 Å². The zero-order valence-electron chi connectivity index (χ0n) is 16.9. The molecule has 1 radical (unpaired) electrons. The average Bonchev–Trinajstić information content (AvgIpc) is 3.48. The average molecular weight is 471 g/mol. The molecule has 1 aromatic rings. The van der Waals surface area contributed by atoms with Crippen molar-refractivity contribution in [3.63, 3.8) is 0 Å².